The standard InChI is InChI=1S/2C13H27O3P.C12H25O3P.C11H23O3P.2C11H17O3P.C10H21O3P.C9H21O4P.C6H15O3P/c1-5-16-17(14,11-15-13(2,3)4)10-12-8-6-7-9-12;1-4-16-17(14,11-15-12(2)3)10-13-8-6-5-7-9-13;1-5-15-16(13,9-11-7-6-8-11)10-14-12(2,3)4;1-11(2,3)14-9-15(12,13)8-10-6-4-5-7-10;2*1-10(2)14-9-15(12,13)8-11-6-4-3-5-7-11;1-10(2,3)13-8-14(11,12)7-9-5-4-6-9;1-6-12-14(10,13-7-2)8-11-9(3,4)5;1-6(2,3)9-5-10(4,7)8/h12H,5-11H2,1-4H3;12-13H,4-11H2,1-3H3;11H,5-10H2,1-4H3;10H,4-9H2,1-3H3,(H,12,13);2*3-7,10H,8-9H2,1-2H3,(H,12,13);9H,4-8H2,1-3H3,(H,11,12);6-8H2,1-5H3;5H2,1-4H3,(H,7,8). The summed E-state index contributed by atoms with van der Waals surface area (Å²) in [5, 5.41) is 0. The van der Waals surface area contributed by atoms with Gasteiger partial charge in [-0.25, -0.2) is 0 Å². The molecular formula is C96H193O28P9. The number of hydrogen-bond acceptors (Lipinski definition) is 23. The Kier molecular flexibility index (Phi) is 67.6. The molecule has 8 unspecified atom stereocenters. The van der Waals surface area contributed by atoms with Gasteiger partial charge < -0.3 is 89.7 Å². The summed E-state index contributed by atoms with van der Waals surface area (Å²) in [6.45, 7) is 58.7. The van der Waals surface area contributed by atoms with Crippen LogP contribution in [0.4, 0.5) is 0 Å². The summed E-state index contributed by atoms with van der Waals surface area (Å²) >= 11 is 0. The predicted octanol–water partition coefficient (Wildman–Crippen LogP) is 28.8. The van der Waals surface area contributed by atoms with Crippen molar-refractivity contribution in [3.63, 3.8) is 0 Å². The van der Waals surface area contributed by atoms with E-state index in [9.17, 15) is 60.7 Å². The Hall–Kier alpha value is -0.250. The fourth-order valence-corrected chi connectivity index (χ4v) is 29.4. The first-order chi connectivity index (χ1) is 60.8. The van der Waals surface area contributed by atoms with Gasteiger partial charge in [0, 0.05) is 37.5 Å². The van der Waals surface area contributed by atoms with Crippen molar-refractivity contribution in [2.45, 2.75) is 387 Å². The van der Waals surface area contributed by atoms with Gasteiger partial charge in [0.1, 0.15) is 57.1 Å². The normalized spacial score (nSPS) is 19.3. The molecule has 133 heavy (non-hydrogen) atoms. The first-order valence-corrected chi connectivity index (χ1v) is 66.8. The largest absolute Gasteiger partial charge is 0.369 e. The van der Waals surface area contributed by atoms with E-state index in [0.29, 0.717) is 93.4 Å². The molecule has 0 spiro atoms. The zero-order chi connectivity index (χ0) is 103. The van der Waals surface area contributed by atoms with Crippen molar-refractivity contribution in [1.82, 2.24) is 0 Å². The maximum atomic E-state index is 12.7. The van der Waals surface area contributed by atoms with Crippen LogP contribution in [0.15, 0.2) is 60.7 Å². The van der Waals surface area contributed by atoms with Crippen LogP contribution < -0.4 is 0 Å². The van der Waals surface area contributed by atoms with Gasteiger partial charge in [-0.3, -0.25) is 41.1 Å². The summed E-state index contributed by atoms with van der Waals surface area (Å²) in [5.74, 6) is 2.67. The first kappa shape index (κ1) is 135. The van der Waals surface area contributed by atoms with Gasteiger partial charge >= 0.3 is 7.60 Å². The quantitative estimate of drug-likeness (QED) is 0.0384. The molecule has 0 aliphatic heterocycles. The molecule has 37 heteroatoms. The molecule has 8 atom stereocenters. The molecule has 790 valence electrons. The molecule has 0 bridgehead atoms. The molecule has 0 heterocycles. The summed E-state index contributed by atoms with van der Waals surface area (Å²) in [6.07, 6.45) is 27.1. The molecule has 0 aromatic heterocycles. The number of benzene rings is 2. The fraction of sp³-hybridized carbons (Fsp3) is 0.875. The van der Waals surface area contributed by atoms with E-state index >= 15 is 0 Å². The van der Waals surface area contributed by atoms with Crippen LogP contribution in [0, 0.1) is 29.6 Å². The highest BCUT2D eigenvalue weighted by molar-refractivity contribution is 7.60. The molecule has 0 saturated heterocycles. The van der Waals surface area contributed by atoms with Crippen molar-refractivity contribution in [1.29, 1.82) is 0 Å². The van der Waals surface area contributed by atoms with Crippen molar-refractivity contribution < 1.29 is 131 Å². The van der Waals surface area contributed by atoms with E-state index in [4.69, 9.17) is 70.1 Å². The summed E-state index contributed by atoms with van der Waals surface area (Å²) < 4.78 is 182. The first-order valence-electron chi connectivity index (χ1n) is 48.7. The lowest BCUT2D eigenvalue weighted by atomic mass is 9.87. The van der Waals surface area contributed by atoms with Gasteiger partial charge in [0.2, 0.25) is 59.0 Å². The SMILES string of the molecule is CC(C)(C)OCP(=O)(O)CC1CCC1.CC(C)(C)OCP(=O)(O)CC1CCCC1.CC(C)(C)OCP(C)(=O)O.CC(C)OCP(=O)(O)Cc1ccccc1.CC(C)OCP(=O)(O)Cc1ccccc1.CCOP(=O)(COC(C)(C)C)CC1CCC1.CCOP(=O)(COC(C)(C)C)CC1CCCC1.CCOP(=O)(COC(C)(C)C)OCC.CCOP(=O)(COC(C)C)CC1CCCCC1. The predicted molar refractivity (Wildman–Crippen MR) is 551 cm³/mol. The van der Waals surface area contributed by atoms with E-state index in [2.05, 4.69) is 0 Å². The second-order valence-corrected chi connectivity index (χ2v) is 63.6. The highest BCUT2D eigenvalue weighted by Gasteiger charge is 2.37. The van der Waals surface area contributed by atoms with E-state index in [1.165, 1.54) is 103 Å². The average molecular weight is 2070 g/mol. The topological polar surface area (TPSA) is 384 Å². The molecule has 2 aromatic rings. The molecule has 5 N–H and O–H groups in total. The second-order valence-electron chi connectivity index (χ2n) is 42.5. The van der Waals surface area contributed by atoms with Gasteiger partial charge in [0.05, 0.1) is 97.3 Å². The Labute approximate surface area is 808 Å². The average Bonchev–Trinajstić information content (AvgIpc) is 1.87. The van der Waals surface area contributed by atoms with Gasteiger partial charge in [0.25, 0.3) is 0 Å². The van der Waals surface area contributed by atoms with Crippen molar-refractivity contribution >= 4 is 66.5 Å². The molecule has 5 aliphatic carbocycles. The molecule has 0 radical (unpaired) electrons. The monoisotopic (exact) mass is 2070 g/mol. The minimum Gasteiger partial charge on any atom is -0.369 e. The van der Waals surface area contributed by atoms with Crippen LogP contribution in [0.3, 0.4) is 0 Å². The Morgan fingerprint density at radius 3 is 0.737 bits per heavy atom. The highest BCUT2D eigenvalue weighted by atomic mass is 31.2. The van der Waals surface area contributed by atoms with Crippen molar-refractivity contribution in [2.24, 2.45) is 29.6 Å². The van der Waals surface area contributed by atoms with Crippen LogP contribution in [0.2, 0.25) is 0 Å². The van der Waals surface area contributed by atoms with E-state index in [-0.39, 0.29) is 121 Å². The lowest BCUT2D eigenvalue weighted by Crippen LogP contribution is -2.23. The Morgan fingerprint density at radius 1 is 0.278 bits per heavy atom. The smallest absolute Gasteiger partial charge is 0.356 e. The summed E-state index contributed by atoms with van der Waals surface area (Å²) in [6, 6.07) is 18.6. The molecule has 28 nitrogen and oxygen atoms in total. The van der Waals surface area contributed by atoms with Gasteiger partial charge in [-0.1, -0.05) is 118 Å². The van der Waals surface area contributed by atoms with Crippen LogP contribution in [-0.4, -0.2) is 204 Å². The molecule has 7 rings (SSSR count). The maximum absolute atomic E-state index is 12.7. The van der Waals surface area contributed by atoms with E-state index in [1.807, 2.05) is 248 Å². The minimum absolute atomic E-state index is 0.00694. The zero-order valence-corrected chi connectivity index (χ0v) is 96.4. The van der Waals surface area contributed by atoms with E-state index in [1.54, 1.807) is 13.8 Å². The minimum atomic E-state index is -3.19. The highest BCUT2D eigenvalue weighted by Crippen LogP contribution is 2.56. The van der Waals surface area contributed by atoms with Crippen LogP contribution in [0.1, 0.15) is 334 Å². The summed E-state index contributed by atoms with van der Waals surface area (Å²) in [4.78, 5) is 47.5. The number of rotatable bonds is 45. The fourth-order valence-electron chi connectivity index (χ4n) is 13.2. The van der Waals surface area contributed by atoms with Crippen molar-refractivity contribution in [3.8, 4) is 0 Å². The lowest BCUT2D eigenvalue weighted by molar-refractivity contribution is 0.0122. The summed E-state index contributed by atoms with van der Waals surface area (Å²) in [5.41, 5.74) is -0.0505. The molecule has 5 aliphatic rings. The number of hydrogen-bond donors (Lipinski definition) is 5. The Balaban J connectivity index is 0. The second kappa shape index (κ2) is 66.7. The molecule has 5 fully saturated rings. The van der Waals surface area contributed by atoms with Crippen molar-refractivity contribution in [3.05, 3.63) is 71.8 Å². The Bertz CT molecular complexity index is 3680. The molecular weight excluding hydrogens is 1880 g/mol. The van der Waals surface area contributed by atoms with E-state index in [0.717, 1.165) is 36.8 Å². The van der Waals surface area contributed by atoms with Crippen LogP contribution in [-0.2, 0) is 119 Å². The zero-order valence-electron chi connectivity index (χ0n) is 88.3. The number of ether oxygens (including phenoxy) is 9. The lowest BCUT2D eigenvalue weighted by Gasteiger charge is -2.31. The molecule has 2 aromatic carbocycles. The van der Waals surface area contributed by atoms with Crippen LogP contribution in [0.5, 0.6) is 0 Å². The van der Waals surface area contributed by atoms with E-state index < -0.39 is 66.5 Å². The van der Waals surface area contributed by atoms with Crippen LogP contribution in [0.25, 0.3) is 0 Å². The van der Waals surface area contributed by atoms with Crippen LogP contribution >= 0.6 is 66.5 Å². The van der Waals surface area contributed by atoms with Gasteiger partial charge in [-0.15, -0.1) is 0 Å². The van der Waals surface area contributed by atoms with Gasteiger partial charge in [-0.05, 0) is 306 Å². The molecule has 0 amide bonds. The third kappa shape index (κ3) is 81.7. The third-order valence-electron chi connectivity index (χ3n) is 20.1. The Morgan fingerprint density at radius 2 is 0.504 bits per heavy atom. The van der Waals surface area contributed by atoms with Crippen molar-refractivity contribution in [2.75, 3.05) is 128 Å². The van der Waals surface area contributed by atoms with Gasteiger partial charge in [-0.2, -0.15) is 0 Å². The summed E-state index contributed by atoms with van der Waals surface area (Å²) in [7, 11) is -26.2. The van der Waals surface area contributed by atoms with Gasteiger partial charge in [0.15, 0.2) is 0 Å². The maximum Gasteiger partial charge on any atom is 0.356 e. The third-order valence-corrected chi connectivity index (χ3v) is 35.5. The molecule has 5 saturated carbocycles.